The summed E-state index contributed by atoms with van der Waals surface area (Å²) in [6, 6.07) is 1.51. The number of amides is 1. The summed E-state index contributed by atoms with van der Waals surface area (Å²) in [5.74, 6) is 0.552. The SMILES string of the molecule is CC(C)N1CC2CC(C1)N2C(=O)C1CCC(O)CC1. The Morgan fingerprint density at radius 1 is 1.11 bits per heavy atom. The van der Waals surface area contributed by atoms with Crippen LogP contribution in [0.4, 0.5) is 0 Å². The van der Waals surface area contributed by atoms with Gasteiger partial charge in [-0.25, -0.2) is 0 Å². The van der Waals surface area contributed by atoms with Crippen LogP contribution in [0.1, 0.15) is 46.0 Å². The van der Waals surface area contributed by atoms with E-state index in [0.717, 1.165) is 38.8 Å². The van der Waals surface area contributed by atoms with Crippen LogP contribution in [-0.2, 0) is 4.79 Å². The van der Waals surface area contributed by atoms with Crippen molar-refractivity contribution in [2.75, 3.05) is 13.1 Å². The van der Waals surface area contributed by atoms with Crippen LogP contribution in [0.5, 0.6) is 0 Å². The molecule has 0 spiro atoms. The Kier molecular flexibility index (Phi) is 3.56. The lowest BCUT2D eigenvalue weighted by Gasteiger charge is -2.58. The third-order valence-electron chi connectivity index (χ3n) is 5.25. The topological polar surface area (TPSA) is 43.8 Å². The van der Waals surface area contributed by atoms with Crippen molar-refractivity contribution in [2.45, 2.75) is 70.2 Å². The summed E-state index contributed by atoms with van der Waals surface area (Å²) in [6.07, 6.45) is 4.39. The molecule has 2 unspecified atom stereocenters. The van der Waals surface area contributed by atoms with Gasteiger partial charge in [0.15, 0.2) is 0 Å². The number of piperidine rings is 1. The average Bonchev–Trinajstić information content (AvgIpc) is 2.39. The molecule has 3 aliphatic heterocycles. The van der Waals surface area contributed by atoms with E-state index >= 15 is 0 Å². The molecule has 1 amide bonds. The highest BCUT2D eigenvalue weighted by Crippen LogP contribution is 2.37. The first-order chi connectivity index (χ1) is 9.06. The number of rotatable bonds is 2. The van der Waals surface area contributed by atoms with E-state index in [4.69, 9.17) is 0 Å². The number of nitrogens with zero attached hydrogens (tertiary/aromatic N) is 2. The first kappa shape index (κ1) is 13.4. The van der Waals surface area contributed by atoms with Gasteiger partial charge in [-0.05, 0) is 46.0 Å². The molecule has 3 saturated heterocycles. The van der Waals surface area contributed by atoms with Gasteiger partial charge in [-0.3, -0.25) is 9.69 Å². The van der Waals surface area contributed by atoms with Gasteiger partial charge in [0.25, 0.3) is 0 Å². The van der Waals surface area contributed by atoms with E-state index in [1.165, 1.54) is 6.42 Å². The number of hydrogen-bond acceptors (Lipinski definition) is 3. The number of aliphatic hydroxyl groups excluding tert-OH is 1. The lowest BCUT2D eigenvalue weighted by Crippen LogP contribution is -2.71. The zero-order valence-electron chi connectivity index (χ0n) is 12.1. The molecule has 0 aromatic heterocycles. The Morgan fingerprint density at radius 3 is 2.21 bits per heavy atom. The van der Waals surface area contributed by atoms with E-state index in [1.54, 1.807) is 0 Å². The fourth-order valence-electron chi connectivity index (χ4n) is 3.96. The Balaban J connectivity index is 1.58. The summed E-state index contributed by atoms with van der Waals surface area (Å²) in [7, 11) is 0. The van der Waals surface area contributed by atoms with Crippen molar-refractivity contribution in [1.82, 2.24) is 9.80 Å². The minimum atomic E-state index is -0.170. The van der Waals surface area contributed by atoms with E-state index < -0.39 is 0 Å². The molecule has 2 atom stereocenters. The van der Waals surface area contributed by atoms with Crippen molar-refractivity contribution in [3.05, 3.63) is 0 Å². The zero-order chi connectivity index (χ0) is 13.6. The summed E-state index contributed by atoms with van der Waals surface area (Å²) < 4.78 is 0. The molecule has 4 rings (SSSR count). The molecule has 1 N–H and O–H groups in total. The molecule has 1 aliphatic carbocycles. The number of hydrogen-bond donors (Lipinski definition) is 1. The predicted octanol–water partition coefficient (Wildman–Crippen LogP) is 1.23. The minimum absolute atomic E-state index is 0.170. The van der Waals surface area contributed by atoms with Gasteiger partial charge in [0, 0.05) is 37.1 Å². The lowest BCUT2D eigenvalue weighted by molar-refractivity contribution is -0.161. The van der Waals surface area contributed by atoms with Gasteiger partial charge in [0.05, 0.1) is 6.10 Å². The second-order valence-electron chi connectivity index (χ2n) is 6.84. The Labute approximate surface area is 115 Å². The first-order valence-electron chi connectivity index (χ1n) is 7.80. The molecule has 19 heavy (non-hydrogen) atoms. The van der Waals surface area contributed by atoms with Crippen molar-refractivity contribution < 1.29 is 9.90 Å². The van der Waals surface area contributed by atoms with E-state index in [-0.39, 0.29) is 12.0 Å². The zero-order valence-corrected chi connectivity index (χ0v) is 12.1. The second kappa shape index (κ2) is 5.06. The maximum Gasteiger partial charge on any atom is 0.226 e. The van der Waals surface area contributed by atoms with Crippen LogP contribution < -0.4 is 0 Å². The molecular weight excluding hydrogens is 240 g/mol. The molecule has 3 heterocycles. The van der Waals surface area contributed by atoms with Crippen molar-refractivity contribution in [3.8, 4) is 0 Å². The number of carbonyl (C=O) groups is 1. The van der Waals surface area contributed by atoms with Crippen molar-refractivity contribution in [2.24, 2.45) is 5.92 Å². The molecule has 4 aliphatic rings. The predicted molar refractivity (Wildman–Crippen MR) is 73.7 cm³/mol. The van der Waals surface area contributed by atoms with Crippen LogP contribution in [0.15, 0.2) is 0 Å². The molecule has 4 heteroatoms. The minimum Gasteiger partial charge on any atom is -0.393 e. The van der Waals surface area contributed by atoms with Crippen molar-refractivity contribution >= 4 is 5.91 Å². The van der Waals surface area contributed by atoms with E-state index in [0.29, 0.717) is 24.0 Å². The molecule has 0 aromatic rings. The van der Waals surface area contributed by atoms with Gasteiger partial charge >= 0.3 is 0 Å². The third kappa shape index (κ3) is 2.40. The number of piperazine rings is 1. The van der Waals surface area contributed by atoms with Gasteiger partial charge in [-0.15, -0.1) is 0 Å². The Bertz CT molecular complexity index is 338. The van der Waals surface area contributed by atoms with E-state index in [9.17, 15) is 9.90 Å². The van der Waals surface area contributed by atoms with E-state index in [2.05, 4.69) is 23.6 Å². The summed E-state index contributed by atoms with van der Waals surface area (Å²) in [5, 5.41) is 9.54. The average molecular weight is 266 g/mol. The van der Waals surface area contributed by atoms with Crippen molar-refractivity contribution in [1.29, 1.82) is 0 Å². The first-order valence-corrected chi connectivity index (χ1v) is 7.80. The molecule has 4 nitrogen and oxygen atoms in total. The van der Waals surface area contributed by atoms with Crippen LogP contribution >= 0.6 is 0 Å². The highest BCUT2D eigenvalue weighted by molar-refractivity contribution is 5.80. The normalized spacial score (nSPS) is 39.3. The fourth-order valence-corrected chi connectivity index (χ4v) is 3.96. The van der Waals surface area contributed by atoms with Crippen LogP contribution in [0.2, 0.25) is 0 Å². The molecule has 2 bridgehead atoms. The standard InChI is InChI=1S/C15H26N2O2/c1-10(2)16-8-12-7-13(9-16)17(12)15(19)11-3-5-14(18)6-4-11/h10-14,18H,3-9H2,1-2H3. The highest BCUT2D eigenvalue weighted by atomic mass is 16.3. The number of carbonyl (C=O) groups excluding carboxylic acids is 1. The smallest absolute Gasteiger partial charge is 0.226 e. The maximum absolute atomic E-state index is 12.6. The Hall–Kier alpha value is -0.610. The number of aliphatic hydroxyl groups is 1. The van der Waals surface area contributed by atoms with Crippen LogP contribution in [0.25, 0.3) is 0 Å². The van der Waals surface area contributed by atoms with Gasteiger partial charge in [-0.1, -0.05) is 0 Å². The monoisotopic (exact) mass is 266 g/mol. The van der Waals surface area contributed by atoms with Crippen molar-refractivity contribution in [3.63, 3.8) is 0 Å². The van der Waals surface area contributed by atoms with E-state index in [1.807, 2.05) is 0 Å². The van der Waals surface area contributed by atoms with Crippen LogP contribution in [0, 0.1) is 5.92 Å². The van der Waals surface area contributed by atoms with Crippen LogP contribution in [0.3, 0.4) is 0 Å². The van der Waals surface area contributed by atoms with Gasteiger partial charge < -0.3 is 10.0 Å². The van der Waals surface area contributed by atoms with Gasteiger partial charge in [0.2, 0.25) is 5.91 Å². The lowest BCUT2D eigenvalue weighted by atomic mass is 9.81. The maximum atomic E-state index is 12.6. The van der Waals surface area contributed by atoms with Crippen LogP contribution in [-0.4, -0.2) is 58.1 Å². The highest BCUT2D eigenvalue weighted by Gasteiger charge is 2.48. The molecule has 4 fully saturated rings. The van der Waals surface area contributed by atoms with Gasteiger partial charge in [0.1, 0.15) is 0 Å². The third-order valence-corrected chi connectivity index (χ3v) is 5.25. The second-order valence-corrected chi connectivity index (χ2v) is 6.84. The fraction of sp³-hybridized carbons (Fsp3) is 0.933. The molecule has 108 valence electrons. The molecule has 0 radical (unpaired) electrons. The van der Waals surface area contributed by atoms with Gasteiger partial charge in [-0.2, -0.15) is 0 Å². The largest absolute Gasteiger partial charge is 0.393 e. The molecule has 0 aromatic carbocycles. The summed E-state index contributed by atoms with van der Waals surface area (Å²) in [5.41, 5.74) is 0. The Morgan fingerprint density at radius 2 is 1.68 bits per heavy atom. The molecular formula is C15H26N2O2. The quantitative estimate of drug-likeness (QED) is 0.817. The summed E-state index contributed by atoms with van der Waals surface area (Å²) >= 11 is 0. The number of fused-ring (bicyclic) bond motifs is 2. The summed E-state index contributed by atoms with van der Waals surface area (Å²) in [4.78, 5) is 17.3. The molecule has 1 saturated carbocycles. The summed E-state index contributed by atoms with van der Waals surface area (Å²) in [6.45, 7) is 6.57.